The van der Waals surface area contributed by atoms with Crippen LogP contribution in [0.4, 0.5) is 5.82 Å². The lowest BCUT2D eigenvalue weighted by Crippen LogP contribution is -2.23. The van der Waals surface area contributed by atoms with Crippen molar-refractivity contribution in [2.24, 2.45) is 5.92 Å². The van der Waals surface area contributed by atoms with Crippen molar-refractivity contribution in [1.29, 1.82) is 0 Å². The maximum atomic E-state index is 5.83. The summed E-state index contributed by atoms with van der Waals surface area (Å²) >= 11 is 0. The summed E-state index contributed by atoms with van der Waals surface area (Å²) in [5, 5.41) is 0. The monoisotopic (exact) mass is 269 g/mol. The number of hydrogen-bond acceptors (Lipinski definition) is 4. The molecule has 1 unspecified atom stereocenters. The quantitative estimate of drug-likeness (QED) is 0.857. The van der Waals surface area contributed by atoms with E-state index in [1.807, 2.05) is 37.3 Å². The molecular weight excluding hydrogens is 250 g/mol. The number of aromatic nitrogens is 2. The van der Waals surface area contributed by atoms with Crippen LogP contribution in [0.1, 0.15) is 11.3 Å². The maximum absolute atomic E-state index is 5.83. The molecule has 0 spiro atoms. The number of ether oxygens (including phenoxy) is 1. The number of hydrogen-bond donors (Lipinski definition) is 0. The minimum atomic E-state index is 0.469. The highest BCUT2D eigenvalue weighted by Crippen LogP contribution is 2.28. The van der Waals surface area contributed by atoms with E-state index in [1.54, 1.807) is 6.20 Å². The summed E-state index contributed by atoms with van der Waals surface area (Å²) in [4.78, 5) is 10.9. The molecule has 0 N–H and O–H groups in total. The van der Waals surface area contributed by atoms with Crippen molar-refractivity contribution in [3.05, 3.63) is 47.9 Å². The van der Waals surface area contributed by atoms with Crippen molar-refractivity contribution >= 4 is 5.82 Å². The molecule has 0 aliphatic carbocycles. The van der Waals surface area contributed by atoms with Crippen molar-refractivity contribution < 1.29 is 4.74 Å². The first-order valence-electron chi connectivity index (χ1n) is 6.91. The highest BCUT2D eigenvalue weighted by Gasteiger charge is 2.20. The Bertz CT molecular complexity index is 598. The van der Waals surface area contributed by atoms with Gasteiger partial charge in [0.1, 0.15) is 11.6 Å². The molecule has 0 bridgehead atoms. The number of nitrogens with zero attached hydrogens (tertiary/aromatic N) is 3. The van der Waals surface area contributed by atoms with Gasteiger partial charge >= 0.3 is 0 Å². The van der Waals surface area contributed by atoms with Crippen LogP contribution in [0.25, 0.3) is 0 Å². The van der Waals surface area contributed by atoms with Gasteiger partial charge in [-0.2, -0.15) is 0 Å². The van der Waals surface area contributed by atoms with Crippen molar-refractivity contribution in [2.45, 2.75) is 12.8 Å². The summed E-state index contributed by atoms with van der Waals surface area (Å²) in [5.41, 5.74) is 2.32. The van der Waals surface area contributed by atoms with Crippen molar-refractivity contribution in [3.8, 4) is 5.75 Å². The normalized spacial score (nSPS) is 17.2. The van der Waals surface area contributed by atoms with Crippen molar-refractivity contribution in [3.63, 3.8) is 0 Å². The average Bonchev–Trinajstić information content (AvgIpc) is 2.47. The fourth-order valence-corrected chi connectivity index (χ4v) is 2.53. The second-order valence-electron chi connectivity index (χ2n) is 5.46. The van der Waals surface area contributed by atoms with Gasteiger partial charge in [-0.15, -0.1) is 0 Å². The Labute approximate surface area is 119 Å². The summed E-state index contributed by atoms with van der Waals surface area (Å²) in [7, 11) is 3.96. The molecule has 0 amide bonds. The Balaban J connectivity index is 1.72. The van der Waals surface area contributed by atoms with Gasteiger partial charge in [-0.25, -0.2) is 4.98 Å². The third-order valence-corrected chi connectivity index (χ3v) is 3.58. The second kappa shape index (κ2) is 5.49. The highest BCUT2D eigenvalue weighted by atomic mass is 16.5. The van der Waals surface area contributed by atoms with Crippen LogP contribution in [0, 0.1) is 5.92 Å². The van der Waals surface area contributed by atoms with E-state index in [1.165, 1.54) is 5.56 Å². The molecule has 0 radical (unpaired) electrons. The lowest BCUT2D eigenvalue weighted by molar-refractivity contribution is 0.220. The van der Waals surface area contributed by atoms with Crippen LogP contribution in [-0.2, 0) is 12.8 Å². The Kier molecular flexibility index (Phi) is 3.54. The number of para-hydroxylation sites is 1. The van der Waals surface area contributed by atoms with Gasteiger partial charge in [0.2, 0.25) is 0 Å². The molecule has 4 heteroatoms. The van der Waals surface area contributed by atoms with Crippen LogP contribution < -0.4 is 9.64 Å². The molecule has 4 nitrogen and oxygen atoms in total. The number of fused-ring (bicyclic) bond motifs is 1. The predicted molar refractivity (Wildman–Crippen MR) is 79.2 cm³/mol. The SMILES string of the molecule is CN(C)c1cncc(CC2COc3ccccc3C2)n1. The van der Waals surface area contributed by atoms with Crippen molar-refractivity contribution in [2.75, 3.05) is 25.6 Å². The van der Waals surface area contributed by atoms with Crippen LogP contribution in [0.5, 0.6) is 5.75 Å². The van der Waals surface area contributed by atoms with Crippen LogP contribution in [0.2, 0.25) is 0 Å². The Morgan fingerprint density at radius 3 is 2.95 bits per heavy atom. The zero-order chi connectivity index (χ0) is 13.9. The van der Waals surface area contributed by atoms with Gasteiger partial charge in [-0.05, 0) is 24.5 Å². The van der Waals surface area contributed by atoms with E-state index in [0.717, 1.165) is 36.7 Å². The van der Waals surface area contributed by atoms with E-state index in [4.69, 9.17) is 4.74 Å². The molecule has 2 heterocycles. The van der Waals surface area contributed by atoms with Gasteiger partial charge in [0.15, 0.2) is 0 Å². The molecule has 104 valence electrons. The molecule has 1 aliphatic rings. The molecule has 1 aliphatic heterocycles. The maximum Gasteiger partial charge on any atom is 0.146 e. The lowest BCUT2D eigenvalue weighted by atomic mass is 9.93. The largest absolute Gasteiger partial charge is 0.493 e. The Morgan fingerprint density at radius 1 is 1.25 bits per heavy atom. The van der Waals surface area contributed by atoms with Gasteiger partial charge in [0.05, 0.1) is 18.5 Å². The fraction of sp³-hybridized carbons (Fsp3) is 0.375. The third-order valence-electron chi connectivity index (χ3n) is 3.58. The molecule has 0 saturated heterocycles. The average molecular weight is 269 g/mol. The second-order valence-corrected chi connectivity index (χ2v) is 5.46. The van der Waals surface area contributed by atoms with Crippen LogP contribution in [0.15, 0.2) is 36.7 Å². The van der Waals surface area contributed by atoms with E-state index < -0.39 is 0 Å². The molecule has 2 aromatic rings. The molecule has 1 atom stereocenters. The summed E-state index contributed by atoms with van der Waals surface area (Å²) in [6, 6.07) is 8.27. The molecular formula is C16H19N3O. The zero-order valence-corrected chi connectivity index (χ0v) is 11.9. The Hall–Kier alpha value is -2.10. The van der Waals surface area contributed by atoms with Crippen molar-refractivity contribution in [1.82, 2.24) is 9.97 Å². The lowest BCUT2D eigenvalue weighted by Gasteiger charge is -2.25. The molecule has 20 heavy (non-hydrogen) atoms. The number of anilines is 1. The first-order valence-corrected chi connectivity index (χ1v) is 6.91. The molecule has 3 rings (SSSR count). The molecule has 1 aromatic heterocycles. The van der Waals surface area contributed by atoms with E-state index in [9.17, 15) is 0 Å². The molecule has 0 saturated carbocycles. The zero-order valence-electron chi connectivity index (χ0n) is 11.9. The van der Waals surface area contributed by atoms with E-state index in [-0.39, 0.29) is 0 Å². The van der Waals surface area contributed by atoms with Crippen LogP contribution >= 0.6 is 0 Å². The Morgan fingerprint density at radius 2 is 2.10 bits per heavy atom. The molecule has 0 fully saturated rings. The summed E-state index contributed by atoms with van der Waals surface area (Å²) in [6.45, 7) is 0.755. The fourth-order valence-electron chi connectivity index (χ4n) is 2.53. The third kappa shape index (κ3) is 2.74. The first-order chi connectivity index (χ1) is 9.72. The number of benzene rings is 1. The van der Waals surface area contributed by atoms with E-state index in [0.29, 0.717) is 5.92 Å². The summed E-state index contributed by atoms with van der Waals surface area (Å²) < 4.78 is 5.83. The summed E-state index contributed by atoms with van der Waals surface area (Å²) in [5.74, 6) is 2.40. The van der Waals surface area contributed by atoms with Gasteiger partial charge in [-0.1, -0.05) is 18.2 Å². The van der Waals surface area contributed by atoms with Gasteiger partial charge in [0, 0.05) is 26.2 Å². The first kappa shape index (κ1) is 12.9. The van der Waals surface area contributed by atoms with Gasteiger partial charge in [0.25, 0.3) is 0 Å². The van der Waals surface area contributed by atoms with Crippen LogP contribution in [0.3, 0.4) is 0 Å². The summed E-state index contributed by atoms with van der Waals surface area (Å²) in [6.07, 6.45) is 5.59. The van der Waals surface area contributed by atoms with Crippen LogP contribution in [-0.4, -0.2) is 30.7 Å². The predicted octanol–water partition coefficient (Wildman–Crippen LogP) is 2.34. The number of rotatable bonds is 3. The van der Waals surface area contributed by atoms with Gasteiger partial charge in [-0.3, -0.25) is 4.98 Å². The topological polar surface area (TPSA) is 38.2 Å². The minimum Gasteiger partial charge on any atom is -0.493 e. The van der Waals surface area contributed by atoms with Gasteiger partial charge < -0.3 is 9.64 Å². The van der Waals surface area contributed by atoms with E-state index >= 15 is 0 Å². The minimum absolute atomic E-state index is 0.469. The smallest absolute Gasteiger partial charge is 0.146 e. The standard InChI is InChI=1S/C16H19N3O/c1-19(2)16-10-17-9-14(18-16)8-12-7-13-5-3-4-6-15(13)20-11-12/h3-6,9-10,12H,7-8,11H2,1-2H3. The highest BCUT2D eigenvalue weighted by molar-refractivity contribution is 5.36. The van der Waals surface area contributed by atoms with E-state index in [2.05, 4.69) is 22.1 Å². The molecule has 1 aromatic carbocycles.